The van der Waals surface area contributed by atoms with Crippen LogP contribution in [-0.4, -0.2) is 47.5 Å². The fourth-order valence-electron chi connectivity index (χ4n) is 3.24. The Morgan fingerprint density at radius 3 is 2.73 bits per heavy atom. The first-order valence-corrected chi connectivity index (χ1v) is 7.99. The first-order valence-electron chi connectivity index (χ1n) is 7.99. The summed E-state index contributed by atoms with van der Waals surface area (Å²) < 4.78 is 5.39. The summed E-state index contributed by atoms with van der Waals surface area (Å²) in [5.74, 6) is 0.226. The minimum Gasteiger partial charge on any atom is -0.445 e. The summed E-state index contributed by atoms with van der Waals surface area (Å²) in [5.41, 5.74) is 0.985. The van der Waals surface area contributed by atoms with Gasteiger partial charge >= 0.3 is 6.09 Å². The van der Waals surface area contributed by atoms with Crippen LogP contribution < -0.4 is 0 Å². The number of hydrogen-bond donors (Lipinski definition) is 0. The highest BCUT2D eigenvalue weighted by molar-refractivity contribution is 5.78. The summed E-state index contributed by atoms with van der Waals surface area (Å²) in [4.78, 5) is 27.7. The zero-order valence-corrected chi connectivity index (χ0v) is 12.7. The quantitative estimate of drug-likeness (QED) is 0.861. The maximum Gasteiger partial charge on any atom is 0.410 e. The van der Waals surface area contributed by atoms with Crippen molar-refractivity contribution < 1.29 is 14.3 Å². The zero-order valence-electron chi connectivity index (χ0n) is 12.7. The van der Waals surface area contributed by atoms with E-state index in [4.69, 9.17) is 4.74 Å². The van der Waals surface area contributed by atoms with Crippen molar-refractivity contribution in [3.8, 4) is 0 Å². The molecule has 2 aliphatic heterocycles. The SMILES string of the molecule is O=C(OCc1ccccc1)N1CCCC(N2CCCC2=O)C1. The van der Waals surface area contributed by atoms with Crippen LogP contribution in [0, 0.1) is 0 Å². The molecule has 0 N–H and O–H groups in total. The summed E-state index contributed by atoms with van der Waals surface area (Å²) in [6.07, 6.45) is 3.21. The van der Waals surface area contributed by atoms with E-state index >= 15 is 0 Å². The van der Waals surface area contributed by atoms with Gasteiger partial charge in [0.05, 0.1) is 0 Å². The number of benzene rings is 1. The lowest BCUT2D eigenvalue weighted by molar-refractivity contribution is -0.130. The first-order chi connectivity index (χ1) is 10.7. The van der Waals surface area contributed by atoms with Crippen LogP contribution in [0.25, 0.3) is 0 Å². The topological polar surface area (TPSA) is 49.9 Å². The van der Waals surface area contributed by atoms with Crippen LogP contribution in [0.15, 0.2) is 30.3 Å². The predicted octanol–water partition coefficient (Wildman–Crippen LogP) is 2.41. The maximum absolute atomic E-state index is 12.2. The predicted molar refractivity (Wildman–Crippen MR) is 82.2 cm³/mol. The molecule has 1 aromatic carbocycles. The Balaban J connectivity index is 1.53. The Morgan fingerprint density at radius 1 is 1.18 bits per heavy atom. The molecule has 2 aliphatic rings. The first kappa shape index (κ1) is 14.9. The Bertz CT molecular complexity index is 532. The average Bonchev–Trinajstić information content (AvgIpc) is 3.00. The molecule has 2 heterocycles. The van der Waals surface area contributed by atoms with Crippen molar-refractivity contribution in [3.63, 3.8) is 0 Å². The molecule has 0 aliphatic carbocycles. The third kappa shape index (κ3) is 3.40. The Morgan fingerprint density at radius 2 is 2.00 bits per heavy atom. The lowest BCUT2D eigenvalue weighted by Gasteiger charge is -2.37. The number of ether oxygens (including phenoxy) is 1. The molecule has 5 nitrogen and oxygen atoms in total. The average molecular weight is 302 g/mol. The van der Waals surface area contributed by atoms with Crippen LogP contribution in [0.2, 0.25) is 0 Å². The molecule has 2 fully saturated rings. The van der Waals surface area contributed by atoms with E-state index < -0.39 is 0 Å². The van der Waals surface area contributed by atoms with Crippen LogP contribution in [0.5, 0.6) is 0 Å². The van der Waals surface area contributed by atoms with Crippen LogP contribution in [-0.2, 0) is 16.1 Å². The molecule has 0 spiro atoms. The fourth-order valence-corrected chi connectivity index (χ4v) is 3.24. The van der Waals surface area contributed by atoms with Gasteiger partial charge in [0.15, 0.2) is 0 Å². The second kappa shape index (κ2) is 6.81. The van der Waals surface area contributed by atoms with Crippen LogP contribution in [0.1, 0.15) is 31.2 Å². The molecule has 3 rings (SSSR count). The maximum atomic E-state index is 12.2. The standard InChI is InChI=1S/C17H22N2O3/c20-16-9-5-11-19(16)15-8-4-10-18(12-15)17(21)22-13-14-6-2-1-3-7-14/h1-3,6-7,15H,4-5,8-13H2. The van der Waals surface area contributed by atoms with Crippen molar-refractivity contribution in [1.82, 2.24) is 9.80 Å². The van der Waals surface area contributed by atoms with Gasteiger partial charge in [0.25, 0.3) is 0 Å². The van der Waals surface area contributed by atoms with Gasteiger partial charge in [0.2, 0.25) is 5.91 Å². The van der Waals surface area contributed by atoms with Gasteiger partial charge in [-0.25, -0.2) is 4.79 Å². The normalized spacial score (nSPS) is 22.0. The number of nitrogens with zero attached hydrogens (tertiary/aromatic N) is 2. The van der Waals surface area contributed by atoms with E-state index in [1.165, 1.54) is 0 Å². The number of hydrogen-bond acceptors (Lipinski definition) is 3. The molecule has 0 bridgehead atoms. The van der Waals surface area contributed by atoms with Crippen molar-refractivity contribution in [2.24, 2.45) is 0 Å². The monoisotopic (exact) mass is 302 g/mol. The molecule has 0 radical (unpaired) electrons. The van der Waals surface area contributed by atoms with Gasteiger partial charge in [-0.05, 0) is 24.8 Å². The van der Waals surface area contributed by atoms with Crippen molar-refractivity contribution in [2.45, 2.75) is 38.3 Å². The lowest BCUT2D eigenvalue weighted by Crippen LogP contribution is -2.50. The zero-order chi connectivity index (χ0) is 15.4. The van der Waals surface area contributed by atoms with Gasteiger partial charge in [-0.1, -0.05) is 30.3 Å². The van der Waals surface area contributed by atoms with Gasteiger partial charge in [-0.3, -0.25) is 4.79 Å². The van der Waals surface area contributed by atoms with Crippen LogP contribution in [0.3, 0.4) is 0 Å². The number of rotatable bonds is 3. The van der Waals surface area contributed by atoms with Crippen molar-refractivity contribution in [2.75, 3.05) is 19.6 Å². The molecule has 1 unspecified atom stereocenters. The fraction of sp³-hybridized carbons (Fsp3) is 0.529. The summed E-state index contributed by atoms with van der Waals surface area (Å²) in [5, 5.41) is 0. The van der Waals surface area contributed by atoms with Crippen molar-refractivity contribution in [1.29, 1.82) is 0 Å². The molecule has 0 aromatic heterocycles. The largest absolute Gasteiger partial charge is 0.445 e. The smallest absolute Gasteiger partial charge is 0.410 e. The Labute approximate surface area is 130 Å². The lowest BCUT2D eigenvalue weighted by atomic mass is 10.0. The number of likely N-dealkylation sites (tertiary alicyclic amines) is 2. The number of carbonyl (C=O) groups excluding carboxylic acids is 2. The third-order valence-corrected chi connectivity index (χ3v) is 4.41. The molecular weight excluding hydrogens is 280 g/mol. The van der Waals surface area contributed by atoms with Gasteiger partial charge in [0, 0.05) is 32.1 Å². The molecule has 2 saturated heterocycles. The molecule has 2 amide bonds. The minimum absolute atomic E-state index is 0.160. The molecular formula is C17H22N2O3. The molecule has 22 heavy (non-hydrogen) atoms. The second-order valence-corrected chi connectivity index (χ2v) is 5.97. The van der Waals surface area contributed by atoms with Gasteiger partial charge in [-0.15, -0.1) is 0 Å². The summed E-state index contributed by atoms with van der Waals surface area (Å²) in [7, 11) is 0. The third-order valence-electron chi connectivity index (χ3n) is 4.41. The Kier molecular flexibility index (Phi) is 4.61. The van der Waals surface area contributed by atoms with E-state index in [1.54, 1.807) is 4.90 Å². The van der Waals surface area contributed by atoms with E-state index in [0.29, 0.717) is 26.1 Å². The number of amides is 2. The Hall–Kier alpha value is -2.04. The number of piperidine rings is 1. The van der Waals surface area contributed by atoms with Crippen molar-refractivity contribution in [3.05, 3.63) is 35.9 Å². The molecule has 5 heteroatoms. The van der Waals surface area contributed by atoms with Gasteiger partial charge in [-0.2, -0.15) is 0 Å². The van der Waals surface area contributed by atoms with Crippen LogP contribution in [0.4, 0.5) is 4.79 Å². The molecule has 1 atom stereocenters. The van der Waals surface area contributed by atoms with E-state index in [0.717, 1.165) is 31.4 Å². The molecule has 0 saturated carbocycles. The number of carbonyl (C=O) groups is 2. The molecule has 118 valence electrons. The summed E-state index contributed by atoms with van der Waals surface area (Å²) in [6.45, 7) is 2.44. The highest BCUT2D eigenvalue weighted by Crippen LogP contribution is 2.22. The minimum atomic E-state index is -0.278. The highest BCUT2D eigenvalue weighted by Gasteiger charge is 2.33. The van der Waals surface area contributed by atoms with Crippen molar-refractivity contribution >= 4 is 12.0 Å². The van der Waals surface area contributed by atoms with E-state index in [-0.39, 0.29) is 18.0 Å². The molecule has 1 aromatic rings. The summed E-state index contributed by atoms with van der Waals surface area (Å²) in [6, 6.07) is 9.84. The van der Waals surface area contributed by atoms with E-state index in [1.807, 2.05) is 35.2 Å². The second-order valence-electron chi connectivity index (χ2n) is 5.97. The van der Waals surface area contributed by atoms with Gasteiger partial charge in [0.1, 0.15) is 6.61 Å². The summed E-state index contributed by atoms with van der Waals surface area (Å²) >= 11 is 0. The van der Waals surface area contributed by atoms with E-state index in [2.05, 4.69) is 0 Å². The van der Waals surface area contributed by atoms with E-state index in [9.17, 15) is 9.59 Å². The van der Waals surface area contributed by atoms with Gasteiger partial charge < -0.3 is 14.5 Å². The van der Waals surface area contributed by atoms with Crippen LogP contribution >= 0.6 is 0 Å². The highest BCUT2D eigenvalue weighted by atomic mass is 16.6.